The third-order valence-corrected chi connectivity index (χ3v) is 14.6. The van der Waals surface area contributed by atoms with Gasteiger partial charge in [0.05, 0.1) is 0 Å². The van der Waals surface area contributed by atoms with Crippen molar-refractivity contribution < 1.29 is 38.6 Å². The Kier molecular flexibility index (Phi) is 8.54. The maximum atomic E-state index is 13.6. The zero-order valence-electron chi connectivity index (χ0n) is 22.5. The Labute approximate surface area is 252 Å². The van der Waals surface area contributed by atoms with E-state index in [4.69, 9.17) is 0 Å². The number of sulfonamides is 2. The first-order chi connectivity index (χ1) is 19.8. The average molecular weight is 708 g/mol. The average Bonchev–Trinajstić information content (AvgIpc) is 3.38. The molecule has 4 aromatic rings. The predicted molar refractivity (Wildman–Crippen MR) is 153 cm³/mol. The van der Waals surface area contributed by atoms with Gasteiger partial charge in [0.2, 0.25) is 0 Å². The molecule has 2 aliphatic rings. The Balaban J connectivity index is 1.10. The van der Waals surface area contributed by atoms with Gasteiger partial charge in [-0.25, -0.2) is 0 Å². The standard InChI is InChI=1S/C28H32IN6O4S2/c36-40(37,27-7-1-5-23-21-30-11-9-25(23)27)34-15-3-13-32(17-19-34)29-33-14-4-16-35(20-18-33)41(38,39)28-8-2-6-24-22-31-12-10-26(24)28/h1-2,5-12,21-22H,3-4,13-20H2/q-1. The molecule has 0 aliphatic carbocycles. The van der Waals surface area contributed by atoms with Crippen LogP contribution < -0.4 is 21.8 Å². The summed E-state index contributed by atoms with van der Waals surface area (Å²) in [5.41, 5.74) is 0. The van der Waals surface area contributed by atoms with E-state index in [0.29, 0.717) is 59.8 Å². The summed E-state index contributed by atoms with van der Waals surface area (Å²) < 4.78 is 62.6. The molecule has 0 unspecified atom stereocenters. The van der Waals surface area contributed by atoms with Gasteiger partial charge < -0.3 is 0 Å². The van der Waals surface area contributed by atoms with Crippen molar-refractivity contribution in [1.29, 1.82) is 0 Å². The van der Waals surface area contributed by atoms with E-state index in [9.17, 15) is 16.8 Å². The van der Waals surface area contributed by atoms with E-state index in [0.717, 1.165) is 36.7 Å². The molecular formula is C28H32IN6O4S2-. The fourth-order valence-corrected chi connectivity index (χ4v) is 11.6. The van der Waals surface area contributed by atoms with Crippen molar-refractivity contribution in [1.82, 2.24) is 24.8 Å². The summed E-state index contributed by atoms with van der Waals surface area (Å²) in [5, 5.41) is 3.01. The fourth-order valence-electron chi connectivity index (χ4n) is 5.42. The van der Waals surface area contributed by atoms with E-state index in [1.807, 2.05) is 12.1 Å². The minimum atomic E-state index is -3.64. The first kappa shape index (κ1) is 28.8. The molecule has 0 bridgehead atoms. The molecule has 0 spiro atoms. The first-order valence-corrected chi connectivity index (χ1v) is 18.5. The SMILES string of the molecule is O=S(=O)(c1cccc2cnccc12)N1CCCN([I-]N2CCCN(S(=O)(=O)c3cccc4cnccc34)CC2)CC1. The Morgan fingerprint density at radius 2 is 1.02 bits per heavy atom. The van der Waals surface area contributed by atoms with Gasteiger partial charge in [-0.2, -0.15) is 0 Å². The van der Waals surface area contributed by atoms with Crippen molar-refractivity contribution in [2.45, 2.75) is 22.6 Å². The van der Waals surface area contributed by atoms with Crippen LogP contribution >= 0.6 is 0 Å². The molecule has 2 aromatic carbocycles. The van der Waals surface area contributed by atoms with Crippen LogP contribution in [0, 0.1) is 0 Å². The normalized spacial score (nSPS) is 19.4. The molecule has 0 saturated carbocycles. The zero-order chi connectivity index (χ0) is 28.5. The van der Waals surface area contributed by atoms with Crippen LogP contribution in [-0.2, 0) is 20.0 Å². The van der Waals surface area contributed by atoms with Crippen LogP contribution in [0.4, 0.5) is 0 Å². The summed E-state index contributed by atoms with van der Waals surface area (Å²) >= 11 is -0.526. The van der Waals surface area contributed by atoms with E-state index in [-0.39, 0.29) is 0 Å². The Hall–Kier alpha value is -2.27. The second-order valence-electron chi connectivity index (χ2n) is 10.1. The third kappa shape index (κ3) is 5.98. The second kappa shape index (κ2) is 12.1. The number of hydrogen-bond acceptors (Lipinski definition) is 8. The van der Waals surface area contributed by atoms with Crippen molar-refractivity contribution in [2.75, 3.05) is 52.4 Å². The number of fused-ring (bicyclic) bond motifs is 2. The van der Waals surface area contributed by atoms with E-state index in [1.165, 1.54) is 0 Å². The minimum absolute atomic E-state index is 0.330. The summed E-state index contributed by atoms with van der Waals surface area (Å²) in [7, 11) is -7.28. The van der Waals surface area contributed by atoms with Crippen LogP contribution in [-0.4, -0.2) is 94.0 Å². The molecule has 0 N–H and O–H groups in total. The van der Waals surface area contributed by atoms with Crippen LogP contribution in [0.3, 0.4) is 0 Å². The van der Waals surface area contributed by atoms with Crippen molar-refractivity contribution >= 4 is 41.6 Å². The summed E-state index contributed by atoms with van der Waals surface area (Å²) in [4.78, 5) is 8.91. The van der Waals surface area contributed by atoms with Gasteiger partial charge in [-0.15, -0.1) is 0 Å². The summed E-state index contributed by atoms with van der Waals surface area (Å²) in [6.07, 6.45) is 8.16. The number of halogens is 1. The number of aromatic nitrogens is 2. The Bertz CT molecular complexity index is 1630. The van der Waals surface area contributed by atoms with E-state index in [2.05, 4.69) is 16.2 Å². The summed E-state index contributed by atoms with van der Waals surface area (Å²) in [5.74, 6) is 0. The Morgan fingerprint density at radius 3 is 1.49 bits per heavy atom. The molecule has 0 amide bonds. The molecule has 13 heteroatoms. The molecule has 2 saturated heterocycles. The van der Waals surface area contributed by atoms with Gasteiger partial charge in [-0.05, 0) is 0 Å². The van der Waals surface area contributed by atoms with Crippen LogP contribution in [0.15, 0.2) is 83.1 Å². The second-order valence-corrected chi connectivity index (χ2v) is 17.1. The van der Waals surface area contributed by atoms with Gasteiger partial charge in [0.25, 0.3) is 0 Å². The van der Waals surface area contributed by atoms with Crippen molar-refractivity contribution in [2.24, 2.45) is 0 Å². The molecule has 0 radical (unpaired) electrons. The summed E-state index contributed by atoms with van der Waals surface area (Å²) in [6.45, 7) is 4.85. The zero-order valence-corrected chi connectivity index (χ0v) is 26.3. The van der Waals surface area contributed by atoms with Gasteiger partial charge in [-0.3, -0.25) is 0 Å². The van der Waals surface area contributed by atoms with Crippen LogP contribution in [0.25, 0.3) is 21.5 Å². The number of pyridine rings is 2. The van der Waals surface area contributed by atoms with Crippen molar-refractivity contribution in [3.05, 3.63) is 73.3 Å². The van der Waals surface area contributed by atoms with Gasteiger partial charge in [-0.1, -0.05) is 0 Å². The maximum absolute atomic E-state index is 13.6. The number of hydrogen-bond donors (Lipinski definition) is 0. The van der Waals surface area contributed by atoms with Crippen LogP contribution in [0.5, 0.6) is 0 Å². The molecule has 41 heavy (non-hydrogen) atoms. The fraction of sp³-hybridized carbons (Fsp3) is 0.357. The Morgan fingerprint density at radius 1 is 0.561 bits per heavy atom. The van der Waals surface area contributed by atoms with Crippen molar-refractivity contribution in [3.8, 4) is 0 Å². The molecule has 4 heterocycles. The van der Waals surface area contributed by atoms with Gasteiger partial charge in [0.1, 0.15) is 0 Å². The number of benzene rings is 2. The molecule has 10 nitrogen and oxygen atoms in total. The summed E-state index contributed by atoms with van der Waals surface area (Å²) in [6, 6.07) is 14.2. The molecule has 0 atom stereocenters. The van der Waals surface area contributed by atoms with E-state index in [1.54, 1.807) is 69.8 Å². The number of nitrogens with zero attached hydrogens (tertiary/aromatic N) is 6. The van der Waals surface area contributed by atoms with Gasteiger partial charge >= 0.3 is 253 Å². The topological polar surface area (TPSA) is 107 Å². The molecule has 2 aliphatic heterocycles. The van der Waals surface area contributed by atoms with E-state index >= 15 is 0 Å². The molecular weight excluding hydrogens is 675 g/mol. The predicted octanol–water partition coefficient (Wildman–Crippen LogP) is -0.205. The molecule has 2 aromatic heterocycles. The first-order valence-electron chi connectivity index (χ1n) is 13.7. The third-order valence-electron chi connectivity index (χ3n) is 7.53. The molecule has 2 fully saturated rings. The van der Waals surface area contributed by atoms with Crippen LogP contribution in [0.2, 0.25) is 0 Å². The molecule has 6 rings (SSSR count). The quantitative estimate of drug-likeness (QED) is 0.201. The van der Waals surface area contributed by atoms with Crippen molar-refractivity contribution in [3.63, 3.8) is 0 Å². The number of rotatable bonds is 6. The van der Waals surface area contributed by atoms with Gasteiger partial charge in [0, 0.05) is 0 Å². The van der Waals surface area contributed by atoms with Gasteiger partial charge in [0.15, 0.2) is 0 Å². The van der Waals surface area contributed by atoms with E-state index < -0.39 is 41.8 Å². The molecule has 218 valence electrons. The monoisotopic (exact) mass is 707 g/mol. The van der Waals surface area contributed by atoms with Crippen LogP contribution in [0.1, 0.15) is 12.8 Å².